The number of aromatic nitrogens is 1. The maximum atomic E-state index is 12.1. The van der Waals surface area contributed by atoms with Crippen molar-refractivity contribution < 1.29 is 9.18 Å². The Hall–Kier alpha value is -1.25. The third-order valence-electron chi connectivity index (χ3n) is 0.854. The predicted molar refractivity (Wildman–Crippen MR) is 36.1 cm³/mol. The van der Waals surface area contributed by atoms with E-state index in [1.54, 1.807) is 19.1 Å². The minimum Gasteiger partial charge on any atom is -0.307 e. The summed E-state index contributed by atoms with van der Waals surface area (Å²) in [6.07, 6.45) is 0. The lowest BCUT2D eigenvalue weighted by Crippen LogP contribution is -1.82. The van der Waals surface area contributed by atoms with Crippen LogP contribution in [0, 0.1) is 12.9 Å². The molecular weight excluding hydrogens is 133 g/mol. The highest BCUT2D eigenvalue weighted by atomic mass is 19.1. The Morgan fingerprint density at radius 1 is 1.50 bits per heavy atom. The summed E-state index contributed by atoms with van der Waals surface area (Å²) in [5.41, 5.74) is 0.713. The third kappa shape index (κ3) is 2.91. The van der Waals surface area contributed by atoms with Gasteiger partial charge in [0, 0.05) is 5.69 Å². The van der Waals surface area contributed by atoms with E-state index in [-0.39, 0.29) is 0 Å². The molecule has 0 aromatic carbocycles. The Morgan fingerprint density at radius 2 is 2.10 bits per heavy atom. The standard InChI is InChI=1S/C6H6FN.CH2O/c1-5-3-2-4-6(7)8-5;1-2/h2-4H,1H3;1H2. The van der Waals surface area contributed by atoms with E-state index in [0.29, 0.717) is 5.69 Å². The summed E-state index contributed by atoms with van der Waals surface area (Å²) in [6, 6.07) is 4.72. The number of aryl methyl sites for hydroxylation is 1. The molecule has 1 aromatic rings. The Balaban J connectivity index is 0.000000371. The van der Waals surface area contributed by atoms with Crippen molar-refractivity contribution in [3.05, 3.63) is 29.8 Å². The van der Waals surface area contributed by atoms with Gasteiger partial charge in [-0.15, -0.1) is 0 Å². The maximum absolute atomic E-state index is 12.1. The first-order valence-corrected chi connectivity index (χ1v) is 2.67. The van der Waals surface area contributed by atoms with Gasteiger partial charge in [0.25, 0.3) is 0 Å². The van der Waals surface area contributed by atoms with Crippen molar-refractivity contribution in [3.63, 3.8) is 0 Å². The molecule has 1 heterocycles. The molecule has 0 spiro atoms. The fraction of sp³-hybridized carbons (Fsp3) is 0.143. The van der Waals surface area contributed by atoms with E-state index in [9.17, 15) is 4.39 Å². The number of carbonyl (C=O) groups excluding carboxylic acids is 1. The second kappa shape index (κ2) is 4.61. The van der Waals surface area contributed by atoms with Gasteiger partial charge in [0.2, 0.25) is 5.95 Å². The fourth-order valence-corrected chi connectivity index (χ4v) is 0.510. The van der Waals surface area contributed by atoms with Gasteiger partial charge in [0.05, 0.1) is 0 Å². The molecule has 0 amide bonds. The van der Waals surface area contributed by atoms with Crippen LogP contribution in [0.15, 0.2) is 18.2 Å². The molecule has 0 aliphatic carbocycles. The van der Waals surface area contributed by atoms with Gasteiger partial charge in [0.1, 0.15) is 6.79 Å². The van der Waals surface area contributed by atoms with E-state index in [1.165, 1.54) is 6.07 Å². The average molecular weight is 141 g/mol. The van der Waals surface area contributed by atoms with Gasteiger partial charge in [-0.05, 0) is 19.1 Å². The fourth-order valence-electron chi connectivity index (χ4n) is 0.510. The summed E-state index contributed by atoms with van der Waals surface area (Å²) in [7, 11) is 0. The predicted octanol–water partition coefficient (Wildman–Crippen LogP) is 1.34. The van der Waals surface area contributed by atoms with Gasteiger partial charge >= 0.3 is 0 Å². The monoisotopic (exact) mass is 141 g/mol. The molecule has 0 atom stereocenters. The second-order valence-corrected chi connectivity index (χ2v) is 1.60. The van der Waals surface area contributed by atoms with E-state index in [4.69, 9.17) is 4.79 Å². The smallest absolute Gasteiger partial charge is 0.213 e. The summed E-state index contributed by atoms with van der Waals surface area (Å²) in [5, 5.41) is 0. The zero-order chi connectivity index (χ0) is 7.98. The number of pyridine rings is 1. The molecule has 1 aromatic heterocycles. The number of halogens is 1. The highest BCUT2D eigenvalue weighted by Gasteiger charge is 1.86. The van der Waals surface area contributed by atoms with E-state index in [0.717, 1.165) is 0 Å². The molecular formula is C7H8FNO. The van der Waals surface area contributed by atoms with Gasteiger partial charge in [0.15, 0.2) is 0 Å². The molecule has 0 saturated heterocycles. The van der Waals surface area contributed by atoms with Crippen LogP contribution < -0.4 is 0 Å². The van der Waals surface area contributed by atoms with Crippen LogP contribution in [0.25, 0.3) is 0 Å². The molecule has 0 fully saturated rings. The van der Waals surface area contributed by atoms with E-state index in [1.807, 2.05) is 6.79 Å². The Bertz CT molecular complexity index is 185. The Labute approximate surface area is 58.7 Å². The normalized spacial score (nSPS) is 7.80. The average Bonchev–Trinajstić information content (AvgIpc) is 1.91. The van der Waals surface area contributed by atoms with Crippen LogP contribution in [-0.4, -0.2) is 11.8 Å². The molecule has 10 heavy (non-hydrogen) atoms. The lowest BCUT2D eigenvalue weighted by molar-refractivity contribution is -0.0979. The summed E-state index contributed by atoms with van der Waals surface area (Å²) < 4.78 is 12.1. The molecule has 0 N–H and O–H groups in total. The van der Waals surface area contributed by atoms with Crippen molar-refractivity contribution in [1.29, 1.82) is 0 Å². The minimum atomic E-state index is -0.412. The lowest BCUT2D eigenvalue weighted by atomic mass is 10.4. The van der Waals surface area contributed by atoms with Crippen molar-refractivity contribution >= 4 is 6.79 Å². The van der Waals surface area contributed by atoms with Gasteiger partial charge in [-0.1, -0.05) is 6.07 Å². The zero-order valence-electron chi connectivity index (χ0n) is 5.67. The quantitative estimate of drug-likeness (QED) is 0.510. The molecule has 54 valence electrons. The minimum absolute atomic E-state index is 0.412. The molecule has 0 saturated carbocycles. The van der Waals surface area contributed by atoms with Gasteiger partial charge in [-0.25, -0.2) is 4.98 Å². The number of nitrogens with zero attached hydrogens (tertiary/aromatic N) is 1. The molecule has 0 aliphatic rings. The van der Waals surface area contributed by atoms with Crippen LogP contribution in [0.3, 0.4) is 0 Å². The van der Waals surface area contributed by atoms with Crippen LogP contribution in [0.4, 0.5) is 4.39 Å². The Morgan fingerprint density at radius 3 is 2.40 bits per heavy atom. The number of hydrogen-bond acceptors (Lipinski definition) is 2. The highest BCUT2D eigenvalue weighted by molar-refractivity contribution is 5.11. The molecule has 1 rings (SSSR count). The highest BCUT2D eigenvalue weighted by Crippen LogP contribution is 1.93. The topological polar surface area (TPSA) is 30.0 Å². The van der Waals surface area contributed by atoms with Crippen LogP contribution in [0.2, 0.25) is 0 Å². The van der Waals surface area contributed by atoms with Crippen LogP contribution in [0.1, 0.15) is 5.69 Å². The van der Waals surface area contributed by atoms with Crippen molar-refractivity contribution in [2.75, 3.05) is 0 Å². The molecule has 2 nitrogen and oxygen atoms in total. The van der Waals surface area contributed by atoms with Crippen molar-refractivity contribution in [1.82, 2.24) is 4.98 Å². The first kappa shape index (κ1) is 8.75. The van der Waals surface area contributed by atoms with Crippen molar-refractivity contribution in [2.45, 2.75) is 6.92 Å². The van der Waals surface area contributed by atoms with Gasteiger partial charge in [-0.2, -0.15) is 4.39 Å². The van der Waals surface area contributed by atoms with Crippen LogP contribution in [-0.2, 0) is 4.79 Å². The Kier molecular flexibility index (Phi) is 4.04. The first-order valence-electron chi connectivity index (χ1n) is 2.67. The number of rotatable bonds is 0. The van der Waals surface area contributed by atoms with E-state index < -0.39 is 5.95 Å². The lowest BCUT2D eigenvalue weighted by Gasteiger charge is -1.86. The van der Waals surface area contributed by atoms with E-state index >= 15 is 0 Å². The van der Waals surface area contributed by atoms with E-state index in [2.05, 4.69) is 4.98 Å². The third-order valence-corrected chi connectivity index (χ3v) is 0.854. The molecule has 0 aliphatic heterocycles. The second-order valence-electron chi connectivity index (χ2n) is 1.60. The summed E-state index contributed by atoms with van der Waals surface area (Å²) in [4.78, 5) is 11.5. The molecule has 0 radical (unpaired) electrons. The maximum Gasteiger partial charge on any atom is 0.213 e. The van der Waals surface area contributed by atoms with Gasteiger partial charge in [-0.3, -0.25) is 0 Å². The largest absolute Gasteiger partial charge is 0.307 e. The number of hydrogen-bond donors (Lipinski definition) is 0. The van der Waals surface area contributed by atoms with Crippen LogP contribution >= 0.6 is 0 Å². The van der Waals surface area contributed by atoms with Crippen molar-refractivity contribution in [2.24, 2.45) is 0 Å². The van der Waals surface area contributed by atoms with Crippen LogP contribution in [0.5, 0.6) is 0 Å². The molecule has 0 unspecified atom stereocenters. The summed E-state index contributed by atoms with van der Waals surface area (Å²) in [6.45, 7) is 3.75. The molecule has 3 heteroatoms. The van der Waals surface area contributed by atoms with Gasteiger partial charge < -0.3 is 4.79 Å². The first-order chi connectivity index (χ1) is 4.79. The SMILES string of the molecule is C=O.Cc1cccc(F)n1. The summed E-state index contributed by atoms with van der Waals surface area (Å²) >= 11 is 0. The summed E-state index contributed by atoms with van der Waals surface area (Å²) in [5.74, 6) is -0.412. The zero-order valence-corrected chi connectivity index (χ0v) is 5.67. The molecule has 0 bridgehead atoms. The number of carbonyl (C=O) groups is 1. The van der Waals surface area contributed by atoms with Crippen molar-refractivity contribution in [3.8, 4) is 0 Å².